The third-order valence-corrected chi connectivity index (χ3v) is 7.47. The minimum atomic E-state index is -0.127. The number of amides is 2. The SMILES string of the molecule is Cc1ccc(C2c3cc(OCc4nc(C(=O)N5CCCC5)co4)ccc3CCN2C(=O)C2CC2)cc1. The second-order valence-electron chi connectivity index (χ2n) is 10.1. The number of benzene rings is 2. The zero-order valence-corrected chi connectivity index (χ0v) is 20.6. The molecule has 3 heterocycles. The van der Waals surface area contributed by atoms with Crippen molar-refractivity contribution in [1.29, 1.82) is 0 Å². The topological polar surface area (TPSA) is 75.9 Å². The van der Waals surface area contributed by atoms with Crippen LogP contribution in [0.4, 0.5) is 0 Å². The van der Waals surface area contributed by atoms with Gasteiger partial charge in [-0.2, -0.15) is 0 Å². The first-order valence-electron chi connectivity index (χ1n) is 12.9. The van der Waals surface area contributed by atoms with E-state index in [1.165, 1.54) is 17.4 Å². The summed E-state index contributed by atoms with van der Waals surface area (Å²) in [6.07, 6.45) is 6.30. The first-order chi connectivity index (χ1) is 17.6. The van der Waals surface area contributed by atoms with Crippen LogP contribution < -0.4 is 4.74 Å². The van der Waals surface area contributed by atoms with Gasteiger partial charge in [-0.3, -0.25) is 9.59 Å². The van der Waals surface area contributed by atoms with E-state index in [1.807, 2.05) is 17.0 Å². The van der Waals surface area contributed by atoms with E-state index in [9.17, 15) is 9.59 Å². The number of fused-ring (bicyclic) bond motifs is 1. The lowest BCUT2D eigenvalue weighted by Crippen LogP contribution is -2.41. The molecular formula is C29H31N3O4. The molecule has 0 radical (unpaired) electrons. The Morgan fingerprint density at radius 2 is 1.83 bits per heavy atom. The zero-order valence-electron chi connectivity index (χ0n) is 20.6. The van der Waals surface area contributed by atoms with Gasteiger partial charge in [0, 0.05) is 25.6 Å². The molecule has 1 aromatic heterocycles. The lowest BCUT2D eigenvalue weighted by Gasteiger charge is -2.38. The standard InChI is InChI=1S/C29H31N3O4/c1-19-4-6-21(7-5-19)27-24-16-23(11-10-20(24)12-15-32(27)28(33)22-8-9-22)35-18-26-30-25(17-36-26)29(34)31-13-2-3-14-31/h4-7,10-11,16-17,22,27H,2-3,8-9,12-15,18H2,1H3. The summed E-state index contributed by atoms with van der Waals surface area (Å²) in [5.41, 5.74) is 4.98. The van der Waals surface area contributed by atoms with Gasteiger partial charge in [-0.1, -0.05) is 35.9 Å². The highest BCUT2D eigenvalue weighted by molar-refractivity contribution is 5.92. The van der Waals surface area contributed by atoms with Crippen molar-refractivity contribution in [2.45, 2.75) is 51.7 Å². The fourth-order valence-electron chi connectivity index (χ4n) is 5.30. The van der Waals surface area contributed by atoms with Crippen molar-refractivity contribution in [2.75, 3.05) is 19.6 Å². The largest absolute Gasteiger partial charge is 0.484 e. The maximum atomic E-state index is 13.2. The van der Waals surface area contributed by atoms with Crippen LogP contribution in [0.1, 0.15) is 70.4 Å². The number of nitrogens with zero attached hydrogens (tertiary/aromatic N) is 3. The molecule has 0 spiro atoms. The molecule has 7 heteroatoms. The van der Waals surface area contributed by atoms with Gasteiger partial charge in [-0.05, 0) is 67.9 Å². The van der Waals surface area contributed by atoms with Crippen LogP contribution in [0.25, 0.3) is 0 Å². The number of likely N-dealkylation sites (tertiary alicyclic amines) is 1. The second-order valence-corrected chi connectivity index (χ2v) is 10.1. The molecular weight excluding hydrogens is 454 g/mol. The van der Waals surface area contributed by atoms with Gasteiger partial charge < -0.3 is 19.0 Å². The van der Waals surface area contributed by atoms with Crippen LogP contribution >= 0.6 is 0 Å². The van der Waals surface area contributed by atoms with E-state index >= 15 is 0 Å². The zero-order chi connectivity index (χ0) is 24.6. The molecule has 3 aromatic rings. The number of ether oxygens (including phenoxy) is 1. The predicted octanol–water partition coefficient (Wildman–Crippen LogP) is 4.68. The third kappa shape index (κ3) is 4.50. The van der Waals surface area contributed by atoms with Gasteiger partial charge in [0.25, 0.3) is 5.91 Å². The Balaban J connectivity index is 1.23. The number of rotatable bonds is 6. The second kappa shape index (κ2) is 9.45. The van der Waals surface area contributed by atoms with E-state index in [0.717, 1.165) is 62.9 Å². The quantitative estimate of drug-likeness (QED) is 0.507. The minimum Gasteiger partial charge on any atom is -0.484 e. The molecule has 1 saturated carbocycles. The number of aromatic nitrogens is 1. The van der Waals surface area contributed by atoms with Crippen molar-refractivity contribution in [1.82, 2.24) is 14.8 Å². The van der Waals surface area contributed by atoms with Crippen LogP contribution in [0.15, 0.2) is 53.1 Å². The van der Waals surface area contributed by atoms with Gasteiger partial charge in [0.1, 0.15) is 12.0 Å². The molecule has 186 valence electrons. The normalized spacial score (nSPS) is 19.3. The van der Waals surface area contributed by atoms with E-state index in [2.05, 4.69) is 47.1 Å². The molecule has 2 amide bonds. The lowest BCUT2D eigenvalue weighted by molar-refractivity contribution is -0.134. The average molecular weight is 486 g/mol. The van der Waals surface area contributed by atoms with Gasteiger partial charge in [0.15, 0.2) is 12.3 Å². The summed E-state index contributed by atoms with van der Waals surface area (Å²) >= 11 is 0. The summed E-state index contributed by atoms with van der Waals surface area (Å²) in [5, 5.41) is 0. The van der Waals surface area contributed by atoms with Gasteiger partial charge in [-0.15, -0.1) is 0 Å². The fourth-order valence-corrected chi connectivity index (χ4v) is 5.30. The van der Waals surface area contributed by atoms with Crippen molar-refractivity contribution in [2.24, 2.45) is 5.92 Å². The summed E-state index contributed by atoms with van der Waals surface area (Å²) in [5.74, 6) is 1.40. The predicted molar refractivity (Wildman–Crippen MR) is 134 cm³/mol. The Labute approximate surface area is 211 Å². The van der Waals surface area contributed by atoms with E-state index in [0.29, 0.717) is 17.3 Å². The molecule has 0 N–H and O–H groups in total. The van der Waals surface area contributed by atoms with Gasteiger partial charge in [0.05, 0.1) is 6.04 Å². The molecule has 3 aliphatic rings. The molecule has 2 fully saturated rings. The molecule has 1 unspecified atom stereocenters. The minimum absolute atomic E-state index is 0.0855. The maximum Gasteiger partial charge on any atom is 0.275 e. The highest BCUT2D eigenvalue weighted by atomic mass is 16.5. The molecule has 1 saturated heterocycles. The van der Waals surface area contributed by atoms with Crippen LogP contribution in [0, 0.1) is 12.8 Å². The van der Waals surface area contributed by atoms with Gasteiger partial charge in [0.2, 0.25) is 11.8 Å². The van der Waals surface area contributed by atoms with Gasteiger partial charge in [-0.25, -0.2) is 4.98 Å². The fraction of sp³-hybridized carbons (Fsp3) is 0.414. The van der Waals surface area contributed by atoms with Crippen molar-refractivity contribution in [3.8, 4) is 5.75 Å². The van der Waals surface area contributed by atoms with Crippen LogP contribution in [0.2, 0.25) is 0 Å². The average Bonchev–Trinajstić information content (AvgIpc) is 3.39. The number of carbonyl (C=O) groups excluding carboxylic acids is 2. The van der Waals surface area contributed by atoms with E-state index < -0.39 is 0 Å². The monoisotopic (exact) mass is 485 g/mol. The first kappa shape index (κ1) is 22.8. The van der Waals surface area contributed by atoms with Crippen molar-refractivity contribution in [3.05, 3.63) is 82.6 Å². The van der Waals surface area contributed by atoms with E-state index in [-0.39, 0.29) is 30.4 Å². The Hall–Kier alpha value is -3.61. The van der Waals surface area contributed by atoms with Crippen molar-refractivity contribution < 1.29 is 18.7 Å². The summed E-state index contributed by atoms with van der Waals surface area (Å²) in [6.45, 7) is 4.48. The third-order valence-electron chi connectivity index (χ3n) is 7.47. The number of hydrogen-bond acceptors (Lipinski definition) is 5. The van der Waals surface area contributed by atoms with E-state index in [1.54, 1.807) is 0 Å². The van der Waals surface area contributed by atoms with Crippen molar-refractivity contribution in [3.63, 3.8) is 0 Å². The Morgan fingerprint density at radius 3 is 2.58 bits per heavy atom. The van der Waals surface area contributed by atoms with Crippen LogP contribution in [-0.2, 0) is 17.8 Å². The van der Waals surface area contributed by atoms with E-state index in [4.69, 9.17) is 9.15 Å². The number of carbonyl (C=O) groups is 2. The molecule has 2 aromatic carbocycles. The number of hydrogen-bond donors (Lipinski definition) is 0. The molecule has 7 nitrogen and oxygen atoms in total. The maximum absolute atomic E-state index is 13.2. The van der Waals surface area contributed by atoms with Crippen molar-refractivity contribution >= 4 is 11.8 Å². The highest BCUT2D eigenvalue weighted by Gasteiger charge is 2.39. The lowest BCUT2D eigenvalue weighted by atomic mass is 9.87. The molecule has 1 atom stereocenters. The number of aryl methyl sites for hydroxylation is 1. The Bertz CT molecular complexity index is 1270. The summed E-state index contributed by atoms with van der Waals surface area (Å²) in [6, 6.07) is 14.4. The Kier molecular flexibility index (Phi) is 5.99. The summed E-state index contributed by atoms with van der Waals surface area (Å²) in [7, 11) is 0. The highest BCUT2D eigenvalue weighted by Crippen LogP contribution is 2.41. The summed E-state index contributed by atoms with van der Waals surface area (Å²) in [4.78, 5) is 34.0. The number of oxazole rings is 1. The molecule has 1 aliphatic carbocycles. The van der Waals surface area contributed by atoms with Crippen LogP contribution in [0.3, 0.4) is 0 Å². The van der Waals surface area contributed by atoms with Crippen LogP contribution in [-0.4, -0.2) is 46.2 Å². The molecule has 6 rings (SSSR count). The van der Waals surface area contributed by atoms with Gasteiger partial charge >= 0.3 is 0 Å². The molecule has 36 heavy (non-hydrogen) atoms. The summed E-state index contributed by atoms with van der Waals surface area (Å²) < 4.78 is 11.6. The molecule has 0 bridgehead atoms. The van der Waals surface area contributed by atoms with Crippen LogP contribution in [0.5, 0.6) is 5.75 Å². The first-order valence-corrected chi connectivity index (χ1v) is 12.9. The molecule has 2 aliphatic heterocycles. The smallest absolute Gasteiger partial charge is 0.275 e. The Morgan fingerprint density at radius 1 is 1.06 bits per heavy atom.